The zero-order valence-corrected chi connectivity index (χ0v) is 10.9. The van der Waals surface area contributed by atoms with Gasteiger partial charge in [0, 0.05) is 18.3 Å². The maximum Gasteiger partial charge on any atom is 0.218 e. The molecule has 0 bridgehead atoms. The lowest BCUT2D eigenvalue weighted by Gasteiger charge is -2.13. The molecule has 1 N–H and O–H groups in total. The lowest BCUT2D eigenvalue weighted by molar-refractivity contribution is 0.230. The van der Waals surface area contributed by atoms with Crippen LogP contribution in [0.2, 0.25) is 0 Å². The van der Waals surface area contributed by atoms with E-state index in [1.54, 1.807) is 18.3 Å². The SMILES string of the molecule is CC(C)Oc1ncccc1CNc1cccc(F)n1. The Kier molecular flexibility index (Phi) is 4.28. The number of ether oxygens (including phenoxy) is 1. The average Bonchev–Trinajstić information content (AvgIpc) is 2.37. The molecule has 0 amide bonds. The third-order valence-corrected chi connectivity index (χ3v) is 2.37. The first-order valence-electron chi connectivity index (χ1n) is 6.12. The van der Waals surface area contributed by atoms with Crippen molar-refractivity contribution in [2.45, 2.75) is 26.5 Å². The molecule has 2 aromatic heterocycles. The van der Waals surface area contributed by atoms with Crippen LogP contribution < -0.4 is 10.1 Å². The van der Waals surface area contributed by atoms with Crippen LogP contribution in [0.15, 0.2) is 36.5 Å². The molecule has 0 radical (unpaired) electrons. The topological polar surface area (TPSA) is 47.0 Å². The predicted octanol–water partition coefficient (Wildman–Crippen LogP) is 3.02. The Labute approximate surface area is 111 Å². The third kappa shape index (κ3) is 3.91. The van der Waals surface area contributed by atoms with Gasteiger partial charge in [-0.2, -0.15) is 4.39 Å². The van der Waals surface area contributed by atoms with Crippen molar-refractivity contribution in [2.75, 3.05) is 5.32 Å². The molecule has 0 saturated carbocycles. The van der Waals surface area contributed by atoms with Crippen LogP contribution in [-0.2, 0) is 6.54 Å². The molecule has 2 rings (SSSR count). The molecule has 0 spiro atoms. The average molecular weight is 261 g/mol. The molecular weight excluding hydrogens is 245 g/mol. The number of aromatic nitrogens is 2. The molecule has 0 unspecified atom stereocenters. The van der Waals surface area contributed by atoms with E-state index in [1.807, 2.05) is 26.0 Å². The van der Waals surface area contributed by atoms with Gasteiger partial charge in [0.25, 0.3) is 0 Å². The summed E-state index contributed by atoms with van der Waals surface area (Å²) in [6, 6.07) is 8.38. The van der Waals surface area contributed by atoms with E-state index in [9.17, 15) is 4.39 Å². The number of anilines is 1. The second-order valence-electron chi connectivity index (χ2n) is 4.33. The van der Waals surface area contributed by atoms with E-state index >= 15 is 0 Å². The first-order valence-corrected chi connectivity index (χ1v) is 6.12. The molecule has 100 valence electrons. The lowest BCUT2D eigenvalue weighted by atomic mass is 10.2. The van der Waals surface area contributed by atoms with Crippen molar-refractivity contribution in [2.24, 2.45) is 0 Å². The Bertz CT molecular complexity index is 546. The van der Waals surface area contributed by atoms with Crippen LogP contribution in [0.1, 0.15) is 19.4 Å². The van der Waals surface area contributed by atoms with E-state index < -0.39 is 5.95 Å². The largest absolute Gasteiger partial charge is 0.475 e. The molecule has 0 aliphatic rings. The highest BCUT2D eigenvalue weighted by atomic mass is 19.1. The van der Waals surface area contributed by atoms with E-state index in [2.05, 4.69) is 15.3 Å². The molecule has 0 aliphatic carbocycles. The number of pyridine rings is 2. The second kappa shape index (κ2) is 6.13. The monoisotopic (exact) mass is 261 g/mol. The Morgan fingerprint density at radius 1 is 1.26 bits per heavy atom. The summed E-state index contributed by atoms with van der Waals surface area (Å²) in [6.07, 6.45) is 1.74. The molecule has 4 nitrogen and oxygen atoms in total. The Hall–Kier alpha value is -2.17. The minimum Gasteiger partial charge on any atom is -0.475 e. The van der Waals surface area contributed by atoms with Gasteiger partial charge in [0.05, 0.1) is 6.10 Å². The van der Waals surface area contributed by atoms with Crippen LogP contribution in [0.25, 0.3) is 0 Å². The zero-order chi connectivity index (χ0) is 13.7. The normalized spacial score (nSPS) is 10.5. The summed E-state index contributed by atoms with van der Waals surface area (Å²) < 4.78 is 18.6. The maximum atomic E-state index is 13.0. The van der Waals surface area contributed by atoms with Crippen molar-refractivity contribution in [3.63, 3.8) is 0 Å². The van der Waals surface area contributed by atoms with Crippen molar-refractivity contribution in [1.29, 1.82) is 0 Å². The van der Waals surface area contributed by atoms with E-state index in [-0.39, 0.29) is 6.10 Å². The van der Waals surface area contributed by atoms with Crippen LogP contribution in [-0.4, -0.2) is 16.1 Å². The standard InChI is InChI=1S/C14H16FN3O/c1-10(2)19-14-11(5-4-8-16-14)9-17-13-7-3-6-12(15)18-13/h3-8,10H,9H2,1-2H3,(H,17,18). The van der Waals surface area contributed by atoms with E-state index in [0.29, 0.717) is 18.2 Å². The molecule has 5 heteroatoms. The smallest absolute Gasteiger partial charge is 0.218 e. The van der Waals surface area contributed by atoms with E-state index in [1.165, 1.54) is 6.07 Å². The highest BCUT2D eigenvalue weighted by molar-refractivity contribution is 5.37. The number of hydrogen-bond acceptors (Lipinski definition) is 4. The first-order chi connectivity index (χ1) is 9.15. The third-order valence-electron chi connectivity index (χ3n) is 2.37. The van der Waals surface area contributed by atoms with Crippen LogP contribution in [0.5, 0.6) is 5.88 Å². The molecule has 0 aromatic carbocycles. The Morgan fingerprint density at radius 2 is 2.11 bits per heavy atom. The second-order valence-corrected chi connectivity index (χ2v) is 4.33. The van der Waals surface area contributed by atoms with Gasteiger partial charge in [-0.05, 0) is 32.0 Å². The van der Waals surface area contributed by atoms with Gasteiger partial charge < -0.3 is 10.1 Å². The summed E-state index contributed by atoms with van der Waals surface area (Å²) in [5.41, 5.74) is 0.905. The Morgan fingerprint density at radius 3 is 2.84 bits per heavy atom. The van der Waals surface area contributed by atoms with Crippen LogP contribution >= 0.6 is 0 Å². The van der Waals surface area contributed by atoms with Crippen molar-refractivity contribution in [3.8, 4) is 5.88 Å². The number of nitrogens with one attached hydrogen (secondary N) is 1. The van der Waals surface area contributed by atoms with Gasteiger partial charge in [-0.15, -0.1) is 0 Å². The lowest BCUT2D eigenvalue weighted by Crippen LogP contribution is -2.11. The minimum absolute atomic E-state index is 0.0564. The van der Waals surface area contributed by atoms with Gasteiger partial charge in [0.2, 0.25) is 11.8 Å². The minimum atomic E-state index is -0.505. The van der Waals surface area contributed by atoms with Gasteiger partial charge >= 0.3 is 0 Å². The first kappa shape index (κ1) is 13.3. The predicted molar refractivity (Wildman–Crippen MR) is 71.5 cm³/mol. The fourth-order valence-corrected chi connectivity index (χ4v) is 1.58. The highest BCUT2D eigenvalue weighted by Gasteiger charge is 2.06. The number of nitrogens with zero attached hydrogens (tertiary/aromatic N) is 2. The zero-order valence-electron chi connectivity index (χ0n) is 10.9. The summed E-state index contributed by atoms with van der Waals surface area (Å²) in [7, 11) is 0. The van der Waals surface area contributed by atoms with Crippen LogP contribution in [0, 0.1) is 5.95 Å². The Balaban J connectivity index is 2.07. The fourth-order valence-electron chi connectivity index (χ4n) is 1.58. The molecule has 2 aromatic rings. The number of rotatable bonds is 5. The summed E-state index contributed by atoms with van der Waals surface area (Å²) in [6.45, 7) is 4.37. The molecule has 0 atom stereocenters. The van der Waals surface area contributed by atoms with Crippen molar-refractivity contribution in [3.05, 3.63) is 48.0 Å². The van der Waals surface area contributed by atoms with Gasteiger partial charge in [0.1, 0.15) is 5.82 Å². The van der Waals surface area contributed by atoms with Crippen LogP contribution in [0.3, 0.4) is 0 Å². The number of halogens is 1. The summed E-state index contributed by atoms with van der Waals surface area (Å²) in [5.74, 6) is 0.565. The summed E-state index contributed by atoms with van der Waals surface area (Å²) in [5, 5.41) is 3.04. The molecular formula is C14H16FN3O. The van der Waals surface area contributed by atoms with E-state index in [0.717, 1.165) is 5.56 Å². The van der Waals surface area contributed by atoms with Crippen LogP contribution in [0.4, 0.5) is 10.2 Å². The molecule has 2 heterocycles. The molecule has 0 aliphatic heterocycles. The van der Waals surface area contributed by atoms with Crippen molar-refractivity contribution in [1.82, 2.24) is 9.97 Å². The maximum absolute atomic E-state index is 13.0. The van der Waals surface area contributed by atoms with E-state index in [4.69, 9.17) is 4.74 Å². The quantitative estimate of drug-likeness (QED) is 0.840. The molecule has 0 saturated heterocycles. The van der Waals surface area contributed by atoms with Gasteiger partial charge in [-0.25, -0.2) is 9.97 Å². The van der Waals surface area contributed by atoms with Gasteiger partial charge in [-0.3, -0.25) is 0 Å². The van der Waals surface area contributed by atoms with Gasteiger partial charge in [-0.1, -0.05) is 12.1 Å². The van der Waals surface area contributed by atoms with Crippen molar-refractivity contribution < 1.29 is 9.13 Å². The molecule has 0 fully saturated rings. The molecule has 19 heavy (non-hydrogen) atoms. The van der Waals surface area contributed by atoms with Gasteiger partial charge in [0.15, 0.2) is 0 Å². The summed E-state index contributed by atoms with van der Waals surface area (Å²) >= 11 is 0. The summed E-state index contributed by atoms with van der Waals surface area (Å²) in [4.78, 5) is 7.93. The van der Waals surface area contributed by atoms with Crippen molar-refractivity contribution >= 4 is 5.82 Å². The fraction of sp³-hybridized carbons (Fsp3) is 0.286. The highest BCUT2D eigenvalue weighted by Crippen LogP contribution is 2.17. The number of hydrogen-bond donors (Lipinski definition) is 1.